The molecule has 0 aliphatic carbocycles. The number of carbonyl (C=O) groups is 1. The zero-order chi connectivity index (χ0) is 22.6. The summed E-state index contributed by atoms with van der Waals surface area (Å²) in [5.41, 5.74) is 1.48. The molecule has 0 fully saturated rings. The van der Waals surface area contributed by atoms with E-state index in [-0.39, 0.29) is 11.6 Å². The monoisotopic (exact) mass is 441 g/mol. The molecule has 0 bridgehead atoms. The van der Waals surface area contributed by atoms with Gasteiger partial charge < -0.3 is 9.16 Å². The zero-order valence-electron chi connectivity index (χ0n) is 18.5. The van der Waals surface area contributed by atoms with Crippen LogP contribution in [0.2, 0.25) is 18.1 Å². The largest absolute Gasteiger partial charge is 0.530 e. The summed E-state index contributed by atoms with van der Waals surface area (Å²) in [4.78, 5) is 16.3. The number of amides is 1. The standard InChI is InChI=1S/C23H28FN3O3Si/c1-23(2,3)31(4,5)30-21-14-27(16-25-21)20-12-11-18(13-19(20)24)26-22(28)29-15-17-9-7-6-8-10-17/h6-14,16H,15H2,1-5H3,(H,26,28). The Bertz CT molecular complexity index is 1050. The average molecular weight is 442 g/mol. The van der Waals surface area contributed by atoms with Crippen molar-refractivity contribution in [3.8, 4) is 11.6 Å². The summed E-state index contributed by atoms with van der Waals surface area (Å²) in [5.74, 6) is -0.0326. The first-order valence-electron chi connectivity index (χ1n) is 10.1. The lowest BCUT2D eigenvalue weighted by atomic mass is 10.2. The molecule has 1 amide bonds. The fourth-order valence-electron chi connectivity index (χ4n) is 2.57. The minimum absolute atomic E-state index is 0.0322. The molecule has 0 saturated carbocycles. The number of nitrogens with one attached hydrogen (secondary N) is 1. The first kappa shape index (κ1) is 22.5. The fourth-order valence-corrected chi connectivity index (χ4v) is 3.51. The maximum atomic E-state index is 14.7. The molecule has 1 aromatic heterocycles. The first-order valence-corrected chi connectivity index (χ1v) is 13.0. The Morgan fingerprint density at radius 3 is 2.52 bits per heavy atom. The van der Waals surface area contributed by atoms with Gasteiger partial charge in [-0.15, -0.1) is 0 Å². The van der Waals surface area contributed by atoms with Crippen molar-refractivity contribution >= 4 is 20.1 Å². The molecule has 6 nitrogen and oxygen atoms in total. The lowest BCUT2D eigenvalue weighted by molar-refractivity contribution is 0.155. The molecular weight excluding hydrogens is 413 g/mol. The van der Waals surface area contributed by atoms with E-state index >= 15 is 0 Å². The molecule has 0 atom stereocenters. The minimum Gasteiger partial charge on any atom is -0.530 e. The Morgan fingerprint density at radius 2 is 1.87 bits per heavy atom. The predicted molar refractivity (Wildman–Crippen MR) is 122 cm³/mol. The van der Waals surface area contributed by atoms with E-state index in [2.05, 4.69) is 44.2 Å². The number of ether oxygens (including phenoxy) is 1. The molecule has 1 heterocycles. The van der Waals surface area contributed by atoms with Crippen molar-refractivity contribution in [2.24, 2.45) is 0 Å². The number of hydrogen-bond donors (Lipinski definition) is 1. The molecule has 164 valence electrons. The zero-order valence-corrected chi connectivity index (χ0v) is 19.5. The third-order valence-electron chi connectivity index (χ3n) is 5.41. The van der Waals surface area contributed by atoms with Gasteiger partial charge in [-0.1, -0.05) is 51.1 Å². The van der Waals surface area contributed by atoms with Gasteiger partial charge in [0, 0.05) is 5.69 Å². The van der Waals surface area contributed by atoms with E-state index in [1.165, 1.54) is 12.4 Å². The summed E-state index contributed by atoms with van der Waals surface area (Å²) in [7, 11) is -2.04. The van der Waals surface area contributed by atoms with Crippen LogP contribution in [0.15, 0.2) is 61.1 Å². The molecule has 8 heteroatoms. The van der Waals surface area contributed by atoms with E-state index in [1.54, 1.807) is 22.9 Å². The van der Waals surface area contributed by atoms with Crippen molar-refractivity contribution < 1.29 is 18.3 Å². The first-order chi connectivity index (χ1) is 14.5. The van der Waals surface area contributed by atoms with Crippen LogP contribution in [0.4, 0.5) is 14.9 Å². The Balaban J connectivity index is 1.64. The Labute approximate surface area is 183 Å². The van der Waals surface area contributed by atoms with Gasteiger partial charge in [-0.05, 0) is 41.9 Å². The fraction of sp³-hybridized carbons (Fsp3) is 0.304. The summed E-state index contributed by atoms with van der Waals surface area (Å²) >= 11 is 0. The highest BCUT2D eigenvalue weighted by molar-refractivity contribution is 6.74. The van der Waals surface area contributed by atoms with Crippen molar-refractivity contribution in [3.63, 3.8) is 0 Å². The van der Waals surface area contributed by atoms with E-state index in [4.69, 9.17) is 9.16 Å². The smallest absolute Gasteiger partial charge is 0.411 e. The molecule has 0 saturated heterocycles. The topological polar surface area (TPSA) is 65.4 Å². The molecule has 31 heavy (non-hydrogen) atoms. The second-order valence-electron chi connectivity index (χ2n) is 8.83. The molecule has 2 aromatic carbocycles. The number of imidazole rings is 1. The van der Waals surface area contributed by atoms with Crippen LogP contribution in [-0.2, 0) is 11.3 Å². The lowest BCUT2D eigenvalue weighted by Crippen LogP contribution is -2.43. The summed E-state index contributed by atoms with van der Waals surface area (Å²) < 4.78 is 27.6. The number of aromatic nitrogens is 2. The maximum Gasteiger partial charge on any atom is 0.411 e. The second-order valence-corrected chi connectivity index (χ2v) is 13.6. The van der Waals surface area contributed by atoms with Crippen molar-refractivity contribution in [1.29, 1.82) is 0 Å². The van der Waals surface area contributed by atoms with E-state index < -0.39 is 20.2 Å². The van der Waals surface area contributed by atoms with Crippen LogP contribution in [0.5, 0.6) is 5.88 Å². The second kappa shape index (κ2) is 8.93. The average Bonchev–Trinajstić information content (AvgIpc) is 3.14. The number of benzene rings is 2. The number of anilines is 1. The molecule has 0 radical (unpaired) electrons. The molecule has 3 rings (SSSR count). The highest BCUT2D eigenvalue weighted by Crippen LogP contribution is 2.37. The summed E-state index contributed by atoms with van der Waals surface area (Å²) in [5, 5.41) is 2.57. The van der Waals surface area contributed by atoms with Crippen LogP contribution in [0, 0.1) is 5.82 Å². The number of hydrogen-bond acceptors (Lipinski definition) is 4. The number of rotatable bonds is 6. The van der Waals surface area contributed by atoms with Gasteiger partial charge in [0.05, 0.1) is 11.9 Å². The van der Waals surface area contributed by atoms with Crippen LogP contribution >= 0.6 is 0 Å². The highest BCUT2D eigenvalue weighted by Gasteiger charge is 2.39. The van der Waals surface area contributed by atoms with Gasteiger partial charge in [-0.3, -0.25) is 9.88 Å². The third-order valence-corrected chi connectivity index (χ3v) is 9.74. The molecule has 1 N–H and O–H groups in total. The van der Waals surface area contributed by atoms with Crippen molar-refractivity contribution in [2.45, 2.75) is 45.5 Å². The Hall–Kier alpha value is -3.13. The molecule has 0 unspecified atom stereocenters. The predicted octanol–water partition coefficient (Wildman–Crippen LogP) is 6.14. The van der Waals surface area contributed by atoms with Gasteiger partial charge in [0.2, 0.25) is 5.88 Å². The van der Waals surface area contributed by atoms with E-state index in [0.717, 1.165) is 5.56 Å². The number of halogens is 1. The van der Waals surface area contributed by atoms with Crippen LogP contribution in [0.25, 0.3) is 5.69 Å². The number of carbonyl (C=O) groups excluding carboxylic acids is 1. The van der Waals surface area contributed by atoms with Gasteiger partial charge in [0.25, 0.3) is 8.32 Å². The van der Waals surface area contributed by atoms with Crippen molar-refractivity contribution in [3.05, 3.63) is 72.4 Å². The SMILES string of the molecule is CC(C)(C)[Si](C)(C)Oc1cn(-c2ccc(NC(=O)OCc3ccccc3)cc2F)cn1. The maximum absolute atomic E-state index is 14.7. The Kier molecular flexibility index (Phi) is 6.50. The van der Waals surface area contributed by atoms with Gasteiger partial charge in [0.15, 0.2) is 0 Å². The Morgan fingerprint density at radius 1 is 1.16 bits per heavy atom. The van der Waals surface area contributed by atoms with E-state index in [0.29, 0.717) is 17.3 Å². The van der Waals surface area contributed by atoms with Gasteiger partial charge >= 0.3 is 6.09 Å². The highest BCUT2D eigenvalue weighted by atomic mass is 28.4. The minimum atomic E-state index is -2.04. The van der Waals surface area contributed by atoms with Crippen LogP contribution in [0.3, 0.4) is 0 Å². The summed E-state index contributed by atoms with van der Waals surface area (Å²) in [6, 6.07) is 13.7. The molecule has 0 aliphatic rings. The molecule has 0 spiro atoms. The van der Waals surface area contributed by atoms with Gasteiger partial charge in [-0.25, -0.2) is 14.2 Å². The molecule has 0 aliphatic heterocycles. The molecule has 3 aromatic rings. The van der Waals surface area contributed by atoms with Crippen LogP contribution < -0.4 is 9.74 Å². The van der Waals surface area contributed by atoms with Crippen molar-refractivity contribution in [2.75, 3.05) is 5.32 Å². The lowest BCUT2D eigenvalue weighted by Gasteiger charge is -2.35. The third kappa shape index (κ3) is 5.73. The van der Waals surface area contributed by atoms with E-state index in [9.17, 15) is 9.18 Å². The quantitative estimate of drug-likeness (QED) is 0.466. The van der Waals surface area contributed by atoms with Gasteiger partial charge in [0.1, 0.15) is 18.8 Å². The normalized spacial score (nSPS) is 11.8. The van der Waals surface area contributed by atoms with Crippen LogP contribution in [0.1, 0.15) is 26.3 Å². The summed E-state index contributed by atoms with van der Waals surface area (Å²) in [6.45, 7) is 10.8. The van der Waals surface area contributed by atoms with Gasteiger partial charge in [-0.2, -0.15) is 0 Å². The van der Waals surface area contributed by atoms with E-state index in [1.807, 2.05) is 30.3 Å². The van der Waals surface area contributed by atoms with Crippen molar-refractivity contribution in [1.82, 2.24) is 9.55 Å². The summed E-state index contributed by atoms with van der Waals surface area (Å²) in [6.07, 6.45) is 2.53. The number of nitrogens with zero attached hydrogens (tertiary/aromatic N) is 2. The van der Waals surface area contributed by atoms with Crippen LogP contribution in [-0.4, -0.2) is 24.0 Å². The molecular formula is C23H28FN3O3Si.